The Hall–Kier alpha value is -1.00. The lowest BCUT2D eigenvalue weighted by Gasteiger charge is -2.01. The lowest BCUT2D eigenvalue weighted by molar-refractivity contribution is 0.444. The molecule has 0 aliphatic heterocycles. The Bertz CT molecular complexity index is 394. The Morgan fingerprint density at radius 1 is 1.31 bits per heavy atom. The van der Waals surface area contributed by atoms with Gasteiger partial charge in [-0.15, -0.1) is 0 Å². The fourth-order valence-corrected chi connectivity index (χ4v) is 1.63. The molecule has 0 atom stereocenters. The molecule has 0 aromatic heterocycles. The van der Waals surface area contributed by atoms with Crippen molar-refractivity contribution < 1.29 is 12.6 Å². The maximum atomic E-state index is 11.2. The predicted octanol–water partition coefficient (Wildman–Crippen LogP) is 2.19. The van der Waals surface area contributed by atoms with Crippen LogP contribution in [0.3, 0.4) is 0 Å². The second-order valence-corrected chi connectivity index (χ2v) is 4.18. The highest BCUT2D eigenvalue weighted by Gasteiger charge is 2.12. The van der Waals surface area contributed by atoms with Crippen molar-refractivity contribution >= 4 is 21.7 Å². The Balaban J connectivity index is 3.08. The first-order valence-corrected chi connectivity index (χ1v) is 5.14. The van der Waals surface area contributed by atoms with Gasteiger partial charge in [0.05, 0.1) is 6.26 Å². The van der Waals surface area contributed by atoms with Crippen LogP contribution in [0, 0.1) is 0 Å². The maximum absolute atomic E-state index is 11.2. The zero-order valence-corrected chi connectivity index (χ0v) is 8.18. The van der Waals surface area contributed by atoms with E-state index >= 15 is 0 Å². The maximum Gasteiger partial charge on any atom is 0.338 e. The second kappa shape index (κ2) is 3.81. The molecule has 70 valence electrons. The molecule has 5 heteroatoms. The number of halogens is 1. The van der Waals surface area contributed by atoms with Crippen LogP contribution in [-0.2, 0) is 14.3 Å². The highest BCUT2D eigenvalue weighted by molar-refractivity contribution is 7.86. The van der Waals surface area contributed by atoms with E-state index in [9.17, 15) is 8.42 Å². The van der Waals surface area contributed by atoms with Crippen molar-refractivity contribution in [1.29, 1.82) is 0 Å². The first kappa shape index (κ1) is 10.1. The molecule has 0 aliphatic rings. The van der Waals surface area contributed by atoms with Gasteiger partial charge < -0.3 is 4.18 Å². The van der Waals surface area contributed by atoms with Gasteiger partial charge in [0.25, 0.3) is 0 Å². The third-order valence-corrected chi connectivity index (χ3v) is 2.79. The standard InChI is InChI=1S/C8H7ClO3S/c1-2-12-13(10,11)8-5-3-7(9)4-6-8/h2-6H,1H2. The second-order valence-electron chi connectivity index (χ2n) is 2.17. The molecule has 13 heavy (non-hydrogen) atoms. The van der Waals surface area contributed by atoms with Crippen molar-refractivity contribution in [2.45, 2.75) is 4.90 Å². The number of hydrogen-bond acceptors (Lipinski definition) is 3. The van der Waals surface area contributed by atoms with E-state index in [0.717, 1.165) is 6.26 Å². The number of rotatable bonds is 3. The van der Waals surface area contributed by atoms with Crippen LogP contribution in [0.4, 0.5) is 0 Å². The Morgan fingerprint density at radius 3 is 2.31 bits per heavy atom. The van der Waals surface area contributed by atoms with Gasteiger partial charge in [-0.1, -0.05) is 18.2 Å². The molecule has 0 saturated heterocycles. The summed E-state index contributed by atoms with van der Waals surface area (Å²) in [6, 6.07) is 5.67. The number of hydrogen-bond donors (Lipinski definition) is 0. The number of benzene rings is 1. The summed E-state index contributed by atoms with van der Waals surface area (Å²) in [5, 5.41) is 0.470. The quantitative estimate of drug-likeness (QED) is 0.577. The van der Waals surface area contributed by atoms with Crippen molar-refractivity contribution in [2.75, 3.05) is 0 Å². The molecule has 0 heterocycles. The van der Waals surface area contributed by atoms with Gasteiger partial charge in [0.2, 0.25) is 0 Å². The summed E-state index contributed by atoms with van der Waals surface area (Å²) >= 11 is 5.58. The van der Waals surface area contributed by atoms with E-state index in [4.69, 9.17) is 11.6 Å². The van der Waals surface area contributed by atoms with E-state index in [0.29, 0.717) is 5.02 Å². The fourth-order valence-electron chi connectivity index (χ4n) is 0.746. The molecule has 0 amide bonds. The molecule has 0 saturated carbocycles. The third kappa shape index (κ3) is 2.47. The van der Waals surface area contributed by atoms with Gasteiger partial charge in [-0.25, -0.2) is 0 Å². The first-order valence-electron chi connectivity index (χ1n) is 3.36. The Kier molecular flexibility index (Phi) is 2.95. The molecule has 0 radical (unpaired) electrons. The van der Waals surface area contributed by atoms with Gasteiger partial charge in [-0.3, -0.25) is 0 Å². The average Bonchev–Trinajstić information content (AvgIpc) is 2.05. The van der Waals surface area contributed by atoms with Crippen molar-refractivity contribution in [3.05, 3.63) is 42.1 Å². The molecule has 1 aromatic rings. The van der Waals surface area contributed by atoms with Crippen LogP contribution in [-0.4, -0.2) is 8.42 Å². The smallest absolute Gasteiger partial charge is 0.338 e. The van der Waals surface area contributed by atoms with Gasteiger partial charge >= 0.3 is 10.1 Å². The molecule has 0 spiro atoms. The molecule has 0 N–H and O–H groups in total. The van der Waals surface area contributed by atoms with Gasteiger partial charge in [0.15, 0.2) is 0 Å². The summed E-state index contributed by atoms with van der Waals surface area (Å²) in [6.07, 6.45) is 0.865. The SMILES string of the molecule is C=COS(=O)(=O)c1ccc(Cl)cc1. The van der Waals surface area contributed by atoms with Crippen molar-refractivity contribution in [3.8, 4) is 0 Å². The monoisotopic (exact) mass is 218 g/mol. The predicted molar refractivity (Wildman–Crippen MR) is 49.9 cm³/mol. The summed E-state index contributed by atoms with van der Waals surface area (Å²) in [5.74, 6) is 0. The molecular weight excluding hydrogens is 212 g/mol. The first-order chi connectivity index (χ1) is 6.06. The van der Waals surface area contributed by atoms with Crippen LogP contribution >= 0.6 is 11.6 Å². The van der Waals surface area contributed by atoms with Gasteiger partial charge in [0.1, 0.15) is 4.90 Å². The van der Waals surface area contributed by atoms with Crippen LogP contribution in [0.2, 0.25) is 5.02 Å². The molecule has 1 aromatic carbocycles. The van der Waals surface area contributed by atoms with E-state index in [-0.39, 0.29) is 4.90 Å². The van der Waals surface area contributed by atoms with Gasteiger partial charge in [-0.05, 0) is 24.3 Å². The average molecular weight is 219 g/mol. The molecule has 0 unspecified atom stereocenters. The van der Waals surface area contributed by atoms with Crippen LogP contribution in [0.15, 0.2) is 42.0 Å². The lowest BCUT2D eigenvalue weighted by atomic mass is 10.4. The van der Waals surface area contributed by atoms with E-state index in [1.165, 1.54) is 24.3 Å². The molecule has 0 aliphatic carbocycles. The molecular formula is C8H7ClO3S. The zero-order chi connectivity index (χ0) is 9.90. The lowest BCUT2D eigenvalue weighted by Crippen LogP contribution is -2.01. The van der Waals surface area contributed by atoms with Crippen LogP contribution in [0.25, 0.3) is 0 Å². The van der Waals surface area contributed by atoms with Crippen molar-refractivity contribution in [2.24, 2.45) is 0 Å². The summed E-state index contributed by atoms with van der Waals surface area (Å²) in [7, 11) is -3.70. The minimum atomic E-state index is -3.70. The Labute approximate surface area is 81.7 Å². The topological polar surface area (TPSA) is 43.4 Å². The third-order valence-electron chi connectivity index (χ3n) is 1.30. The van der Waals surface area contributed by atoms with E-state index in [1.54, 1.807) is 0 Å². The molecule has 1 rings (SSSR count). The normalized spacial score (nSPS) is 10.8. The van der Waals surface area contributed by atoms with Crippen molar-refractivity contribution in [1.82, 2.24) is 0 Å². The van der Waals surface area contributed by atoms with Gasteiger partial charge in [-0.2, -0.15) is 8.42 Å². The summed E-state index contributed by atoms with van der Waals surface area (Å²) in [5.41, 5.74) is 0. The van der Waals surface area contributed by atoms with Crippen LogP contribution < -0.4 is 0 Å². The minimum Gasteiger partial charge on any atom is -0.388 e. The van der Waals surface area contributed by atoms with Crippen LogP contribution in [0.5, 0.6) is 0 Å². The molecule has 0 bridgehead atoms. The van der Waals surface area contributed by atoms with Crippen LogP contribution in [0.1, 0.15) is 0 Å². The largest absolute Gasteiger partial charge is 0.388 e. The molecule has 3 nitrogen and oxygen atoms in total. The highest BCUT2D eigenvalue weighted by Crippen LogP contribution is 2.15. The molecule has 0 fully saturated rings. The van der Waals surface area contributed by atoms with Gasteiger partial charge in [0, 0.05) is 5.02 Å². The summed E-state index contributed by atoms with van der Waals surface area (Å²) < 4.78 is 26.8. The summed E-state index contributed by atoms with van der Waals surface area (Å²) in [6.45, 7) is 3.16. The Morgan fingerprint density at radius 2 is 1.85 bits per heavy atom. The minimum absolute atomic E-state index is 0.0526. The van der Waals surface area contributed by atoms with E-state index < -0.39 is 10.1 Å². The van der Waals surface area contributed by atoms with E-state index in [1.807, 2.05) is 0 Å². The van der Waals surface area contributed by atoms with E-state index in [2.05, 4.69) is 10.8 Å². The highest BCUT2D eigenvalue weighted by atomic mass is 35.5. The summed E-state index contributed by atoms with van der Waals surface area (Å²) in [4.78, 5) is 0.0526. The fraction of sp³-hybridized carbons (Fsp3) is 0. The zero-order valence-electron chi connectivity index (χ0n) is 6.60. The van der Waals surface area contributed by atoms with Crippen molar-refractivity contribution in [3.63, 3.8) is 0 Å².